The molecule has 0 aliphatic carbocycles. The molecule has 162 valence electrons. The molecular formula is C26H37N3O. The monoisotopic (exact) mass is 407 g/mol. The number of phenolic OH excluding ortho intramolecular Hbond substituents is 1. The van der Waals surface area contributed by atoms with E-state index < -0.39 is 0 Å². The van der Waals surface area contributed by atoms with Gasteiger partial charge in [0.2, 0.25) is 0 Å². The predicted octanol–water partition coefficient (Wildman–Crippen LogP) is 7.32. The lowest BCUT2D eigenvalue weighted by Crippen LogP contribution is -2.04. The molecule has 0 amide bonds. The summed E-state index contributed by atoms with van der Waals surface area (Å²) in [6, 6.07) is 12.0. The molecule has 2 aromatic carbocycles. The van der Waals surface area contributed by atoms with Gasteiger partial charge >= 0.3 is 0 Å². The van der Waals surface area contributed by atoms with Crippen molar-refractivity contribution < 1.29 is 5.11 Å². The third-order valence-corrected chi connectivity index (χ3v) is 5.87. The summed E-state index contributed by atoms with van der Waals surface area (Å²) in [5.41, 5.74) is 4.60. The quantitative estimate of drug-likeness (QED) is 0.320. The van der Waals surface area contributed by atoms with Crippen molar-refractivity contribution in [3.8, 4) is 11.4 Å². The average Bonchev–Trinajstić information content (AvgIpc) is 3.17. The molecule has 0 fully saturated rings. The summed E-state index contributed by atoms with van der Waals surface area (Å²) in [4.78, 5) is 1.59. The molecule has 0 unspecified atom stereocenters. The van der Waals surface area contributed by atoms with Crippen LogP contribution in [0.3, 0.4) is 0 Å². The van der Waals surface area contributed by atoms with Crippen molar-refractivity contribution in [3.05, 3.63) is 47.5 Å². The highest BCUT2D eigenvalue weighted by molar-refractivity contribution is 5.73. The maximum Gasteiger partial charge on any atom is 0.146 e. The van der Waals surface area contributed by atoms with E-state index in [1.807, 2.05) is 24.3 Å². The van der Waals surface area contributed by atoms with Crippen LogP contribution in [0.4, 0.5) is 0 Å². The number of aromatic hydroxyl groups is 1. The zero-order valence-corrected chi connectivity index (χ0v) is 18.9. The van der Waals surface area contributed by atoms with Crippen LogP contribution in [0.1, 0.15) is 95.6 Å². The molecular weight excluding hydrogens is 370 g/mol. The Morgan fingerprint density at radius 3 is 1.97 bits per heavy atom. The van der Waals surface area contributed by atoms with E-state index in [2.05, 4.69) is 43.1 Å². The maximum atomic E-state index is 10.9. The summed E-state index contributed by atoms with van der Waals surface area (Å²) >= 11 is 0. The molecule has 4 nitrogen and oxygen atoms in total. The molecule has 30 heavy (non-hydrogen) atoms. The number of phenols is 1. The fourth-order valence-corrected chi connectivity index (χ4v) is 4.05. The van der Waals surface area contributed by atoms with Gasteiger partial charge in [-0.25, -0.2) is 0 Å². The number of nitrogens with zero attached hydrogens (tertiary/aromatic N) is 3. The number of aromatic nitrogens is 3. The number of benzene rings is 2. The van der Waals surface area contributed by atoms with Crippen molar-refractivity contribution in [1.29, 1.82) is 0 Å². The minimum absolute atomic E-state index is 0.247. The third-order valence-electron chi connectivity index (χ3n) is 5.87. The Bertz CT molecular complexity index is 896. The Hall–Kier alpha value is -2.36. The van der Waals surface area contributed by atoms with Crippen LogP contribution >= 0.6 is 0 Å². The first-order valence-corrected chi connectivity index (χ1v) is 11.8. The summed E-state index contributed by atoms with van der Waals surface area (Å²) < 4.78 is 0. The minimum Gasteiger partial charge on any atom is -0.505 e. The minimum atomic E-state index is 0.247. The lowest BCUT2D eigenvalue weighted by atomic mass is 9.96. The van der Waals surface area contributed by atoms with Crippen molar-refractivity contribution in [2.45, 2.75) is 90.9 Å². The molecule has 0 radical (unpaired) electrons. The number of unbranched alkanes of at least 4 members (excludes halogenated alkanes) is 8. The SMILES string of the molecule is CCCCCCCCCCCc1cc(C(C)C)c(O)c(-n2nc3ccccc3n2)c1. The molecule has 3 aromatic rings. The summed E-state index contributed by atoms with van der Waals surface area (Å²) in [6.45, 7) is 6.51. The highest BCUT2D eigenvalue weighted by atomic mass is 16.3. The zero-order valence-electron chi connectivity index (χ0n) is 18.9. The van der Waals surface area contributed by atoms with E-state index in [9.17, 15) is 5.11 Å². The first-order chi connectivity index (χ1) is 14.6. The van der Waals surface area contributed by atoms with Crippen LogP contribution < -0.4 is 0 Å². The highest BCUT2D eigenvalue weighted by Crippen LogP contribution is 2.33. The summed E-state index contributed by atoms with van der Waals surface area (Å²) in [6.07, 6.45) is 13.0. The second-order valence-electron chi connectivity index (χ2n) is 8.76. The van der Waals surface area contributed by atoms with E-state index in [4.69, 9.17) is 0 Å². The number of hydrogen-bond acceptors (Lipinski definition) is 3. The molecule has 0 aliphatic rings. The van der Waals surface area contributed by atoms with Crippen molar-refractivity contribution in [1.82, 2.24) is 15.0 Å². The molecule has 0 bridgehead atoms. The van der Waals surface area contributed by atoms with Gasteiger partial charge in [-0.05, 0) is 48.1 Å². The van der Waals surface area contributed by atoms with Crippen LogP contribution in [0.15, 0.2) is 36.4 Å². The van der Waals surface area contributed by atoms with Gasteiger partial charge in [-0.1, -0.05) is 90.3 Å². The molecule has 0 atom stereocenters. The smallest absolute Gasteiger partial charge is 0.146 e. The van der Waals surface area contributed by atoms with E-state index in [0.717, 1.165) is 23.0 Å². The summed E-state index contributed by atoms with van der Waals surface area (Å²) in [7, 11) is 0. The van der Waals surface area contributed by atoms with Gasteiger partial charge in [-0.2, -0.15) is 0 Å². The van der Waals surface area contributed by atoms with Crippen LogP contribution in [0.25, 0.3) is 16.7 Å². The van der Waals surface area contributed by atoms with Gasteiger partial charge in [-0.3, -0.25) is 0 Å². The molecule has 4 heteroatoms. The second-order valence-corrected chi connectivity index (χ2v) is 8.76. The van der Waals surface area contributed by atoms with Gasteiger partial charge in [0, 0.05) is 0 Å². The normalized spacial score (nSPS) is 11.6. The topological polar surface area (TPSA) is 50.9 Å². The van der Waals surface area contributed by atoms with Crippen LogP contribution in [-0.2, 0) is 6.42 Å². The molecule has 1 heterocycles. The average molecular weight is 408 g/mol. The van der Waals surface area contributed by atoms with Crippen molar-refractivity contribution in [2.24, 2.45) is 0 Å². The van der Waals surface area contributed by atoms with E-state index in [1.165, 1.54) is 63.4 Å². The fraction of sp³-hybridized carbons (Fsp3) is 0.538. The molecule has 3 rings (SSSR count). The number of hydrogen-bond donors (Lipinski definition) is 1. The maximum absolute atomic E-state index is 10.9. The first-order valence-electron chi connectivity index (χ1n) is 11.8. The summed E-state index contributed by atoms with van der Waals surface area (Å²) in [5, 5.41) is 20.1. The lowest BCUT2D eigenvalue weighted by molar-refractivity contribution is 0.457. The fourth-order valence-electron chi connectivity index (χ4n) is 4.05. The Morgan fingerprint density at radius 2 is 1.40 bits per heavy atom. The highest BCUT2D eigenvalue weighted by Gasteiger charge is 2.16. The number of rotatable bonds is 12. The Balaban J connectivity index is 1.65. The van der Waals surface area contributed by atoms with E-state index in [-0.39, 0.29) is 5.92 Å². The van der Waals surface area contributed by atoms with Gasteiger partial charge in [0.05, 0.1) is 0 Å². The first kappa shape index (κ1) is 22.3. The lowest BCUT2D eigenvalue weighted by Gasteiger charge is -2.15. The van der Waals surface area contributed by atoms with Crippen LogP contribution in [0.5, 0.6) is 5.75 Å². The number of fused-ring (bicyclic) bond motifs is 1. The molecule has 0 saturated heterocycles. The van der Waals surface area contributed by atoms with Crippen LogP contribution in [0, 0.1) is 0 Å². The van der Waals surface area contributed by atoms with Crippen LogP contribution in [-0.4, -0.2) is 20.1 Å². The third kappa shape index (κ3) is 5.84. The van der Waals surface area contributed by atoms with Crippen molar-refractivity contribution in [3.63, 3.8) is 0 Å². The zero-order chi connectivity index (χ0) is 21.3. The van der Waals surface area contributed by atoms with E-state index in [0.29, 0.717) is 11.4 Å². The molecule has 1 aromatic heterocycles. The van der Waals surface area contributed by atoms with E-state index >= 15 is 0 Å². The van der Waals surface area contributed by atoms with Crippen molar-refractivity contribution in [2.75, 3.05) is 0 Å². The Labute approximate surface area is 181 Å². The molecule has 1 N–H and O–H groups in total. The van der Waals surface area contributed by atoms with Gasteiger partial charge in [0.25, 0.3) is 0 Å². The van der Waals surface area contributed by atoms with Crippen LogP contribution in [0.2, 0.25) is 0 Å². The Morgan fingerprint density at radius 1 is 0.833 bits per heavy atom. The van der Waals surface area contributed by atoms with Crippen molar-refractivity contribution >= 4 is 11.0 Å². The second kappa shape index (κ2) is 11.1. The van der Waals surface area contributed by atoms with Gasteiger partial charge in [0.1, 0.15) is 22.5 Å². The Kier molecular flexibility index (Phi) is 8.30. The molecule has 0 aliphatic heterocycles. The molecule has 0 spiro atoms. The molecule has 0 saturated carbocycles. The largest absolute Gasteiger partial charge is 0.505 e. The predicted molar refractivity (Wildman–Crippen MR) is 126 cm³/mol. The van der Waals surface area contributed by atoms with E-state index in [1.54, 1.807) is 4.80 Å². The van der Waals surface area contributed by atoms with Gasteiger partial charge < -0.3 is 5.11 Å². The summed E-state index contributed by atoms with van der Waals surface area (Å²) in [5.74, 6) is 0.540. The number of aryl methyl sites for hydroxylation is 1. The standard InChI is InChI=1S/C26H37N3O/c1-4-5-6-7-8-9-10-11-12-15-21-18-22(20(2)3)26(30)25(19-21)29-27-23-16-13-14-17-24(23)28-29/h13-14,16-20,30H,4-12,15H2,1-3H3. The van der Waals surface area contributed by atoms with Gasteiger partial charge in [-0.15, -0.1) is 15.0 Å². The van der Waals surface area contributed by atoms with Gasteiger partial charge in [0.15, 0.2) is 0 Å².